The molecule has 5 heteroatoms. The van der Waals surface area contributed by atoms with E-state index >= 15 is 0 Å². The second-order valence-corrected chi connectivity index (χ2v) is 5.18. The van der Waals surface area contributed by atoms with E-state index in [9.17, 15) is 4.79 Å². The summed E-state index contributed by atoms with van der Waals surface area (Å²) in [5, 5.41) is 6.33. The van der Waals surface area contributed by atoms with Crippen LogP contribution in [-0.4, -0.2) is 17.4 Å². The first-order valence-electron chi connectivity index (χ1n) is 5.81. The molecule has 1 atom stereocenters. The van der Waals surface area contributed by atoms with Crippen LogP contribution in [0.1, 0.15) is 32.5 Å². The van der Waals surface area contributed by atoms with E-state index in [1.165, 1.54) is 5.56 Å². The lowest BCUT2D eigenvalue weighted by Gasteiger charge is -2.27. The van der Waals surface area contributed by atoms with E-state index < -0.39 is 0 Å². The number of thiazole rings is 1. The molecule has 0 aliphatic carbocycles. The Balaban J connectivity index is 2.17. The average molecular weight is 259 g/mol. The monoisotopic (exact) mass is 259 g/mol. The van der Waals surface area contributed by atoms with Crippen LogP contribution in [0.3, 0.4) is 0 Å². The average Bonchev–Trinajstić information content (AvgIpc) is 2.91. The van der Waals surface area contributed by atoms with Gasteiger partial charge in [0.1, 0.15) is 5.01 Å². The highest BCUT2D eigenvalue weighted by atomic mass is 32.1. The maximum atomic E-state index is 11.6. The highest BCUT2D eigenvalue weighted by molar-refractivity contribution is 7.09. The Hall–Kier alpha value is -1.72. The molecule has 0 fully saturated rings. The molecule has 4 nitrogen and oxygen atoms in total. The van der Waals surface area contributed by atoms with Gasteiger partial charge in [-0.1, -0.05) is 12.1 Å². The molecule has 1 aliphatic heterocycles. The molecule has 2 aromatic rings. The predicted molar refractivity (Wildman–Crippen MR) is 70.6 cm³/mol. The molecular formula is C13H13N3OS. The third-order valence-electron chi connectivity index (χ3n) is 3.19. The van der Waals surface area contributed by atoms with Crippen molar-refractivity contribution in [1.29, 1.82) is 0 Å². The number of nitrogens with zero attached hydrogens (tertiary/aromatic N) is 1. The number of fused-ring (bicyclic) bond motifs is 1. The van der Waals surface area contributed by atoms with E-state index in [0.29, 0.717) is 5.56 Å². The van der Waals surface area contributed by atoms with E-state index in [0.717, 1.165) is 23.5 Å². The molecule has 3 rings (SSSR count). The maximum absolute atomic E-state index is 11.6. The normalized spacial score (nSPS) is 18.3. The Morgan fingerprint density at radius 1 is 1.50 bits per heavy atom. The summed E-state index contributed by atoms with van der Waals surface area (Å²) in [4.78, 5) is 15.9. The minimum Gasteiger partial charge on any atom is -0.366 e. The second-order valence-electron chi connectivity index (χ2n) is 4.25. The fraction of sp³-hybridized carbons (Fsp3) is 0.231. The van der Waals surface area contributed by atoms with Gasteiger partial charge in [-0.25, -0.2) is 4.98 Å². The summed E-state index contributed by atoms with van der Waals surface area (Å²) in [5.74, 6) is -0.378. The van der Waals surface area contributed by atoms with Crippen LogP contribution < -0.4 is 11.1 Å². The summed E-state index contributed by atoms with van der Waals surface area (Å²) in [6, 6.07) is 5.72. The quantitative estimate of drug-likeness (QED) is 0.858. The lowest BCUT2D eigenvalue weighted by molar-refractivity contribution is 0.0998. The molecular weight excluding hydrogens is 246 g/mol. The van der Waals surface area contributed by atoms with Gasteiger partial charge in [0.25, 0.3) is 0 Å². The molecule has 18 heavy (non-hydrogen) atoms. The van der Waals surface area contributed by atoms with E-state index in [4.69, 9.17) is 5.73 Å². The molecule has 2 heterocycles. The molecule has 0 saturated carbocycles. The molecule has 1 aromatic heterocycles. The highest BCUT2D eigenvalue weighted by Gasteiger charge is 2.27. The van der Waals surface area contributed by atoms with Crippen LogP contribution in [-0.2, 0) is 6.42 Å². The Morgan fingerprint density at radius 3 is 3.11 bits per heavy atom. The second kappa shape index (κ2) is 4.51. The summed E-state index contributed by atoms with van der Waals surface area (Å²) >= 11 is 1.59. The van der Waals surface area contributed by atoms with E-state index in [1.807, 2.05) is 11.4 Å². The zero-order valence-electron chi connectivity index (χ0n) is 9.72. The first-order valence-corrected chi connectivity index (χ1v) is 6.69. The lowest BCUT2D eigenvalue weighted by atomic mass is 9.90. The number of aromatic nitrogens is 1. The zero-order valence-corrected chi connectivity index (χ0v) is 10.5. The molecule has 1 aromatic carbocycles. The van der Waals surface area contributed by atoms with Crippen molar-refractivity contribution < 1.29 is 4.79 Å². The Morgan fingerprint density at radius 2 is 2.39 bits per heavy atom. The van der Waals surface area contributed by atoms with Gasteiger partial charge >= 0.3 is 0 Å². The summed E-state index contributed by atoms with van der Waals surface area (Å²) in [6.07, 6.45) is 2.70. The number of hydrogen-bond acceptors (Lipinski definition) is 4. The van der Waals surface area contributed by atoms with Gasteiger partial charge in [0, 0.05) is 23.7 Å². The van der Waals surface area contributed by atoms with Gasteiger partial charge in [-0.3, -0.25) is 4.79 Å². The van der Waals surface area contributed by atoms with Gasteiger partial charge in [0.05, 0.1) is 6.04 Å². The standard InChI is InChI=1S/C13H13N3OS/c14-12(17)9-3-1-2-8-4-5-15-11(10(8)9)13-16-6-7-18-13/h1-3,6-7,11,15H,4-5H2,(H2,14,17). The van der Waals surface area contributed by atoms with Crippen molar-refractivity contribution in [2.24, 2.45) is 5.73 Å². The number of carbonyl (C=O) groups excluding carboxylic acids is 1. The van der Waals surface area contributed by atoms with Crippen molar-refractivity contribution >= 4 is 17.2 Å². The Labute approximate surface area is 109 Å². The lowest BCUT2D eigenvalue weighted by Crippen LogP contribution is -2.33. The van der Waals surface area contributed by atoms with Gasteiger partial charge in [-0.05, 0) is 23.6 Å². The van der Waals surface area contributed by atoms with Crippen LogP contribution in [0.5, 0.6) is 0 Å². The van der Waals surface area contributed by atoms with Crippen molar-refractivity contribution in [1.82, 2.24) is 10.3 Å². The fourth-order valence-corrected chi connectivity index (χ4v) is 3.15. The summed E-state index contributed by atoms with van der Waals surface area (Å²) < 4.78 is 0. The third kappa shape index (κ3) is 1.81. The van der Waals surface area contributed by atoms with E-state index in [2.05, 4.69) is 16.4 Å². The maximum Gasteiger partial charge on any atom is 0.249 e. The van der Waals surface area contributed by atoms with Crippen molar-refractivity contribution in [3.05, 3.63) is 51.5 Å². The van der Waals surface area contributed by atoms with Crippen molar-refractivity contribution in [3.8, 4) is 0 Å². The summed E-state index contributed by atoms with van der Waals surface area (Å²) in [7, 11) is 0. The number of rotatable bonds is 2. The Bertz CT molecular complexity index is 580. The molecule has 0 spiro atoms. The van der Waals surface area contributed by atoms with Gasteiger partial charge in [0.2, 0.25) is 5.91 Å². The zero-order chi connectivity index (χ0) is 12.5. The first kappa shape index (κ1) is 11.4. The van der Waals surface area contributed by atoms with Gasteiger partial charge in [-0.15, -0.1) is 11.3 Å². The van der Waals surface area contributed by atoms with Crippen LogP contribution in [0.25, 0.3) is 0 Å². The number of nitrogens with one attached hydrogen (secondary N) is 1. The molecule has 1 amide bonds. The van der Waals surface area contributed by atoms with E-state index in [-0.39, 0.29) is 11.9 Å². The van der Waals surface area contributed by atoms with Gasteiger partial charge < -0.3 is 11.1 Å². The number of benzene rings is 1. The number of carbonyl (C=O) groups is 1. The number of hydrogen-bond donors (Lipinski definition) is 2. The van der Waals surface area contributed by atoms with Crippen LogP contribution in [0, 0.1) is 0 Å². The van der Waals surface area contributed by atoms with Gasteiger partial charge in [-0.2, -0.15) is 0 Å². The minimum atomic E-state index is -0.378. The topological polar surface area (TPSA) is 68.0 Å². The molecule has 92 valence electrons. The van der Waals surface area contributed by atoms with Crippen LogP contribution in [0.15, 0.2) is 29.8 Å². The smallest absolute Gasteiger partial charge is 0.249 e. The first-order chi connectivity index (χ1) is 8.77. The predicted octanol–water partition coefficient (Wildman–Crippen LogP) is 1.48. The van der Waals surface area contributed by atoms with Crippen LogP contribution in [0.2, 0.25) is 0 Å². The highest BCUT2D eigenvalue weighted by Crippen LogP contribution is 2.32. The molecule has 1 aliphatic rings. The minimum absolute atomic E-state index is 0.0163. The third-order valence-corrected chi connectivity index (χ3v) is 4.03. The SMILES string of the molecule is NC(=O)c1cccc2c1C(c1nccs1)NCC2. The number of primary amides is 1. The molecule has 0 bridgehead atoms. The van der Waals surface area contributed by atoms with Crippen molar-refractivity contribution in [2.45, 2.75) is 12.5 Å². The molecule has 0 saturated heterocycles. The van der Waals surface area contributed by atoms with E-state index in [1.54, 1.807) is 23.6 Å². The summed E-state index contributed by atoms with van der Waals surface area (Å²) in [5.41, 5.74) is 8.24. The fourth-order valence-electron chi connectivity index (χ4n) is 2.43. The molecule has 0 radical (unpaired) electrons. The van der Waals surface area contributed by atoms with Gasteiger partial charge in [0.15, 0.2) is 0 Å². The number of nitrogens with two attached hydrogens (primary N) is 1. The Kier molecular flexibility index (Phi) is 2.85. The molecule has 1 unspecified atom stereocenters. The van der Waals surface area contributed by atoms with Crippen LogP contribution in [0.4, 0.5) is 0 Å². The van der Waals surface area contributed by atoms with Crippen molar-refractivity contribution in [3.63, 3.8) is 0 Å². The summed E-state index contributed by atoms with van der Waals surface area (Å²) in [6.45, 7) is 0.888. The largest absolute Gasteiger partial charge is 0.366 e. The number of amides is 1. The van der Waals surface area contributed by atoms with Crippen LogP contribution >= 0.6 is 11.3 Å². The van der Waals surface area contributed by atoms with Crippen molar-refractivity contribution in [2.75, 3.05) is 6.54 Å². The molecule has 3 N–H and O–H groups in total.